The molecule has 0 aliphatic carbocycles. The molecule has 14 heavy (non-hydrogen) atoms. The van der Waals surface area contributed by atoms with E-state index in [1.807, 2.05) is 0 Å². The quantitative estimate of drug-likeness (QED) is 0.668. The van der Waals surface area contributed by atoms with Crippen molar-refractivity contribution in [2.75, 3.05) is 0 Å². The lowest BCUT2D eigenvalue weighted by atomic mass is 9.91. The molecule has 0 saturated heterocycles. The van der Waals surface area contributed by atoms with Crippen LogP contribution < -0.4 is 0 Å². The Morgan fingerprint density at radius 3 is 2.79 bits per heavy atom. The molecule has 1 aromatic rings. The first-order valence-corrected chi connectivity index (χ1v) is 5.60. The molecule has 0 bridgehead atoms. The second-order valence-corrected chi connectivity index (χ2v) is 5.32. The molecule has 1 aliphatic rings. The number of rotatable bonds is 1. The summed E-state index contributed by atoms with van der Waals surface area (Å²) in [5.74, 6) is 0.749. The molecule has 1 aliphatic heterocycles. The van der Waals surface area contributed by atoms with E-state index in [0.717, 1.165) is 12.5 Å². The Hall–Kier alpha value is -0.790. The molecule has 0 amide bonds. The minimum Gasteiger partial charge on any atom is -0.269 e. The van der Waals surface area contributed by atoms with Crippen LogP contribution in [0.3, 0.4) is 0 Å². The highest BCUT2D eigenvalue weighted by Crippen LogP contribution is 2.33. The Balaban J connectivity index is 2.35. The van der Waals surface area contributed by atoms with E-state index in [1.54, 1.807) is 0 Å². The lowest BCUT2D eigenvalue weighted by Crippen LogP contribution is -2.12. The number of aromatic nitrogens is 2. The predicted molar refractivity (Wildman–Crippen MR) is 58.6 cm³/mol. The van der Waals surface area contributed by atoms with E-state index < -0.39 is 0 Å². The van der Waals surface area contributed by atoms with Crippen LogP contribution in [0.5, 0.6) is 0 Å². The molecular weight excluding hydrogens is 172 g/mol. The molecule has 0 saturated carbocycles. The zero-order chi connectivity index (χ0) is 10.3. The molecule has 1 atom stereocenters. The zero-order valence-corrected chi connectivity index (χ0v) is 9.67. The molecule has 1 aromatic heterocycles. The number of fused-ring (bicyclic) bond motifs is 1. The fourth-order valence-corrected chi connectivity index (χ4v) is 2.14. The second kappa shape index (κ2) is 3.11. The molecule has 2 nitrogen and oxygen atoms in total. The largest absolute Gasteiger partial charge is 0.269 e. The molecular formula is C12H20N2. The van der Waals surface area contributed by atoms with Gasteiger partial charge in [-0.3, -0.25) is 4.68 Å². The maximum atomic E-state index is 4.68. The Kier molecular flexibility index (Phi) is 2.17. The van der Waals surface area contributed by atoms with Crippen molar-refractivity contribution in [3.05, 3.63) is 17.5 Å². The second-order valence-electron chi connectivity index (χ2n) is 5.32. The van der Waals surface area contributed by atoms with Gasteiger partial charge in [-0.25, -0.2) is 0 Å². The maximum absolute atomic E-state index is 4.68. The van der Waals surface area contributed by atoms with Crippen molar-refractivity contribution >= 4 is 0 Å². The molecule has 78 valence electrons. The lowest BCUT2D eigenvalue weighted by Gasteiger charge is -2.14. The van der Waals surface area contributed by atoms with Crippen molar-refractivity contribution in [1.29, 1.82) is 0 Å². The third-order valence-corrected chi connectivity index (χ3v) is 3.18. The Labute approximate surface area is 86.3 Å². The number of hydrogen-bond donors (Lipinski definition) is 0. The van der Waals surface area contributed by atoms with Gasteiger partial charge in [-0.15, -0.1) is 0 Å². The molecule has 0 N–H and O–H groups in total. The minimum absolute atomic E-state index is 0.190. The first-order valence-electron chi connectivity index (χ1n) is 5.60. The van der Waals surface area contributed by atoms with Crippen molar-refractivity contribution in [1.82, 2.24) is 9.78 Å². The van der Waals surface area contributed by atoms with Gasteiger partial charge < -0.3 is 0 Å². The summed E-state index contributed by atoms with van der Waals surface area (Å²) in [6, 6.07) is 2.31. The van der Waals surface area contributed by atoms with Crippen molar-refractivity contribution in [2.24, 2.45) is 0 Å². The van der Waals surface area contributed by atoms with Gasteiger partial charge in [0, 0.05) is 23.6 Å². The molecule has 0 aromatic carbocycles. The van der Waals surface area contributed by atoms with Gasteiger partial charge in [-0.2, -0.15) is 5.10 Å². The van der Waals surface area contributed by atoms with Crippen LogP contribution in [0.1, 0.15) is 57.8 Å². The van der Waals surface area contributed by atoms with Crippen LogP contribution in [-0.2, 0) is 12.0 Å². The van der Waals surface area contributed by atoms with Crippen molar-refractivity contribution in [3.63, 3.8) is 0 Å². The highest BCUT2D eigenvalue weighted by atomic mass is 15.3. The smallest absolute Gasteiger partial charge is 0.0680 e. The monoisotopic (exact) mass is 192 g/mol. The fourth-order valence-electron chi connectivity index (χ4n) is 2.14. The van der Waals surface area contributed by atoms with Gasteiger partial charge in [0.25, 0.3) is 0 Å². The number of nitrogens with zero attached hydrogens (tertiary/aromatic N) is 2. The molecule has 2 rings (SSSR count). The molecule has 2 heterocycles. The van der Waals surface area contributed by atoms with Crippen LogP contribution in [0, 0.1) is 0 Å². The van der Waals surface area contributed by atoms with Crippen LogP contribution in [0.4, 0.5) is 0 Å². The van der Waals surface area contributed by atoms with Crippen LogP contribution in [0.15, 0.2) is 6.07 Å². The summed E-state index contributed by atoms with van der Waals surface area (Å²) in [7, 11) is 0. The van der Waals surface area contributed by atoms with Gasteiger partial charge in [0.15, 0.2) is 0 Å². The summed E-state index contributed by atoms with van der Waals surface area (Å²) in [5.41, 5.74) is 2.89. The molecule has 0 fully saturated rings. The zero-order valence-electron chi connectivity index (χ0n) is 9.67. The van der Waals surface area contributed by atoms with E-state index in [2.05, 4.69) is 43.5 Å². The van der Waals surface area contributed by atoms with E-state index in [1.165, 1.54) is 24.2 Å². The normalized spacial score (nSPS) is 21.3. The van der Waals surface area contributed by atoms with E-state index in [9.17, 15) is 0 Å². The van der Waals surface area contributed by atoms with Gasteiger partial charge in [0.1, 0.15) is 0 Å². The third kappa shape index (κ3) is 1.47. The maximum Gasteiger partial charge on any atom is 0.0680 e. The first kappa shape index (κ1) is 9.75. The summed E-state index contributed by atoms with van der Waals surface area (Å²) < 4.78 is 2.20. The summed E-state index contributed by atoms with van der Waals surface area (Å²) in [6.07, 6.45) is 2.53. The molecule has 0 spiro atoms. The molecule has 0 radical (unpaired) electrons. The lowest BCUT2D eigenvalue weighted by molar-refractivity contribution is 0.535. The third-order valence-electron chi connectivity index (χ3n) is 3.18. The summed E-state index contributed by atoms with van der Waals surface area (Å²) in [5, 5.41) is 4.68. The summed E-state index contributed by atoms with van der Waals surface area (Å²) >= 11 is 0. The minimum atomic E-state index is 0.190. The van der Waals surface area contributed by atoms with Crippen molar-refractivity contribution < 1.29 is 0 Å². The van der Waals surface area contributed by atoms with Crippen LogP contribution in [0.25, 0.3) is 0 Å². The summed E-state index contributed by atoms with van der Waals surface area (Å²) in [6.45, 7) is 10.1. The number of hydrogen-bond acceptors (Lipinski definition) is 1. The van der Waals surface area contributed by atoms with Crippen molar-refractivity contribution in [2.45, 2.75) is 58.4 Å². The van der Waals surface area contributed by atoms with Crippen LogP contribution >= 0.6 is 0 Å². The predicted octanol–water partition coefficient (Wildman–Crippen LogP) is 3.08. The molecule has 2 heteroatoms. The highest BCUT2D eigenvalue weighted by Gasteiger charge is 2.26. The van der Waals surface area contributed by atoms with Gasteiger partial charge in [-0.1, -0.05) is 27.7 Å². The average molecular weight is 192 g/mol. The first-order chi connectivity index (χ1) is 6.52. The standard InChI is InChI=1S/C12H20N2/c1-5-9-6-7-14-10(9)8-11(13-14)12(2,3)4/h8-9H,5-7H2,1-4H3. The van der Waals surface area contributed by atoms with Crippen LogP contribution in [-0.4, -0.2) is 9.78 Å². The summed E-state index contributed by atoms with van der Waals surface area (Å²) in [4.78, 5) is 0. The van der Waals surface area contributed by atoms with Gasteiger partial charge in [0.2, 0.25) is 0 Å². The Morgan fingerprint density at radius 2 is 2.21 bits per heavy atom. The van der Waals surface area contributed by atoms with Gasteiger partial charge >= 0.3 is 0 Å². The SMILES string of the molecule is CCC1CCn2nc(C(C)(C)C)cc21. The molecule has 1 unspecified atom stereocenters. The van der Waals surface area contributed by atoms with E-state index >= 15 is 0 Å². The van der Waals surface area contributed by atoms with E-state index in [4.69, 9.17) is 0 Å². The van der Waals surface area contributed by atoms with Gasteiger partial charge in [0.05, 0.1) is 5.69 Å². The topological polar surface area (TPSA) is 17.8 Å². The van der Waals surface area contributed by atoms with Gasteiger partial charge in [-0.05, 0) is 18.9 Å². The Bertz CT molecular complexity index is 331. The van der Waals surface area contributed by atoms with E-state index in [-0.39, 0.29) is 5.41 Å². The van der Waals surface area contributed by atoms with E-state index in [0.29, 0.717) is 0 Å². The Morgan fingerprint density at radius 1 is 1.50 bits per heavy atom. The van der Waals surface area contributed by atoms with Crippen molar-refractivity contribution in [3.8, 4) is 0 Å². The average Bonchev–Trinajstić information content (AvgIpc) is 2.58. The van der Waals surface area contributed by atoms with Crippen LogP contribution in [0.2, 0.25) is 0 Å². The number of aryl methyl sites for hydroxylation is 1. The fraction of sp³-hybridized carbons (Fsp3) is 0.750. The highest BCUT2D eigenvalue weighted by molar-refractivity contribution is 5.22.